The van der Waals surface area contributed by atoms with Crippen molar-refractivity contribution in [2.24, 2.45) is 0 Å². The van der Waals surface area contributed by atoms with E-state index in [1.165, 1.54) is 23.1 Å². The fraction of sp³-hybridized carbons (Fsp3) is 0.571. The number of fused-ring (bicyclic) bond motifs is 1. The highest BCUT2D eigenvalue weighted by molar-refractivity contribution is 5.62. The molecule has 0 N–H and O–H groups in total. The minimum absolute atomic E-state index is 0.309. The third-order valence-electron chi connectivity index (χ3n) is 3.60. The first-order valence-electron chi connectivity index (χ1n) is 5.46. The van der Waals surface area contributed by atoms with Gasteiger partial charge in [0, 0.05) is 0 Å². The largest absolute Gasteiger partial charge is 0.0561 e. The zero-order valence-corrected chi connectivity index (χ0v) is 10.2. The second-order valence-electron chi connectivity index (χ2n) is 5.63. The highest BCUT2D eigenvalue weighted by Gasteiger charge is 2.32. The van der Waals surface area contributed by atoms with Crippen LogP contribution < -0.4 is 0 Å². The number of rotatable bonds is 0. The maximum absolute atomic E-state index is 2.32. The van der Waals surface area contributed by atoms with E-state index in [9.17, 15) is 0 Å². The molecule has 0 spiro atoms. The van der Waals surface area contributed by atoms with Gasteiger partial charge in [0.25, 0.3) is 0 Å². The molecule has 1 aromatic rings. The van der Waals surface area contributed by atoms with Crippen molar-refractivity contribution < 1.29 is 0 Å². The number of hydrogen-bond acceptors (Lipinski definition) is 0. The van der Waals surface area contributed by atoms with Crippen molar-refractivity contribution >= 4 is 0 Å². The van der Waals surface area contributed by atoms with Crippen molar-refractivity contribution in [3.8, 4) is 0 Å². The van der Waals surface area contributed by atoms with Crippen molar-refractivity contribution in [1.29, 1.82) is 0 Å². The smallest absolute Gasteiger partial charge is 0.00141 e. The van der Waals surface area contributed by atoms with Gasteiger partial charge in [-0.15, -0.1) is 0 Å². The first kappa shape index (κ1) is 9.76. The molecule has 0 atom stereocenters. The molecule has 2 rings (SSSR count). The Morgan fingerprint density at radius 1 is 0.786 bits per heavy atom. The normalized spacial score (nSPS) is 14.1. The fourth-order valence-corrected chi connectivity index (χ4v) is 2.67. The summed E-state index contributed by atoms with van der Waals surface area (Å²) in [6, 6.07) is 0. The van der Waals surface area contributed by atoms with Gasteiger partial charge in [-0.3, -0.25) is 0 Å². The van der Waals surface area contributed by atoms with E-state index >= 15 is 0 Å². The molecule has 0 heteroatoms. The predicted octanol–water partition coefficient (Wildman–Crippen LogP) is 3.81. The van der Waals surface area contributed by atoms with E-state index in [4.69, 9.17) is 0 Å². The van der Waals surface area contributed by atoms with Crippen LogP contribution in [0.2, 0.25) is 0 Å². The molecule has 0 fully saturated rings. The summed E-state index contributed by atoms with van der Waals surface area (Å²) in [4.78, 5) is 0. The van der Waals surface area contributed by atoms with Gasteiger partial charge in [0.05, 0.1) is 0 Å². The summed E-state index contributed by atoms with van der Waals surface area (Å²) in [7, 11) is 0. The van der Waals surface area contributed by atoms with Gasteiger partial charge in [0.2, 0.25) is 0 Å². The van der Waals surface area contributed by atoms with Crippen LogP contribution in [0.5, 0.6) is 0 Å². The molecule has 0 heterocycles. The molecule has 0 nitrogen and oxygen atoms in total. The zero-order valence-electron chi connectivity index (χ0n) is 10.2. The van der Waals surface area contributed by atoms with E-state index in [-0.39, 0.29) is 0 Å². The standard InChI is InChI=1S/C14H20/c1-8-9(2)11-7-12(11)13(10(8)3)14(4,5)6/h7H2,1-6H3. The Morgan fingerprint density at radius 3 is 1.86 bits per heavy atom. The third-order valence-corrected chi connectivity index (χ3v) is 3.60. The maximum atomic E-state index is 2.32. The van der Waals surface area contributed by atoms with Crippen molar-refractivity contribution in [1.82, 2.24) is 0 Å². The van der Waals surface area contributed by atoms with E-state index in [2.05, 4.69) is 41.5 Å². The minimum atomic E-state index is 0.309. The zero-order chi connectivity index (χ0) is 10.7. The fourth-order valence-electron chi connectivity index (χ4n) is 2.67. The van der Waals surface area contributed by atoms with Crippen LogP contribution in [0.4, 0.5) is 0 Å². The lowest BCUT2D eigenvalue weighted by Gasteiger charge is -2.23. The van der Waals surface area contributed by atoms with E-state index in [0.29, 0.717) is 5.41 Å². The second kappa shape index (κ2) is 2.62. The predicted molar refractivity (Wildman–Crippen MR) is 62.2 cm³/mol. The maximum Gasteiger partial charge on any atom is -0.00141 e. The van der Waals surface area contributed by atoms with Gasteiger partial charge in [-0.1, -0.05) is 20.8 Å². The van der Waals surface area contributed by atoms with Crippen LogP contribution in [0.3, 0.4) is 0 Å². The quantitative estimate of drug-likeness (QED) is 0.589. The van der Waals surface area contributed by atoms with E-state index in [1.807, 2.05) is 0 Å². The molecule has 1 aromatic carbocycles. The summed E-state index contributed by atoms with van der Waals surface area (Å²) in [5.41, 5.74) is 9.73. The van der Waals surface area contributed by atoms with Crippen LogP contribution in [-0.2, 0) is 11.8 Å². The SMILES string of the molecule is Cc1c(C)c2c(c(C(C)(C)C)c1C)C2. The molecule has 0 unspecified atom stereocenters. The topological polar surface area (TPSA) is 0 Å². The van der Waals surface area contributed by atoms with E-state index in [0.717, 1.165) is 0 Å². The van der Waals surface area contributed by atoms with Gasteiger partial charge >= 0.3 is 0 Å². The van der Waals surface area contributed by atoms with Gasteiger partial charge in [-0.25, -0.2) is 0 Å². The molecule has 0 bridgehead atoms. The lowest BCUT2D eigenvalue weighted by Crippen LogP contribution is -2.14. The second-order valence-corrected chi connectivity index (χ2v) is 5.63. The molecule has 0 radical (unpaired) electrons. The average molecular weight is 188 g/mol. The number of hydrogen-bond donors (Lipinski definition) is 0. The molecule has 0 saturated heterocycles. The Balaban J connectivity index is 2.72. The Labute approximate surface area is 87.3 Å². The van der Waals surface area contributed by atoms with E-state index in [1.54, 1.807) is 16.7 Å². The molecule has 76 valence electrons. The summed E-state index contributed by atoms with van der Waals surface area (Å²) >= 11 is 0. The van der Waals surface area contributed by atoms with E-state index < -0.39 is 0 Å². The van der Waals surface area contributed by atoms with Gasteiger partial charge in [-0.05, 0) is 66.0 Å². The van der Waals surface area contributed by atoms with Gasteiger partial charge in [0.15, 0.2) is 0 Å². The van der Waals surface area contributed by atoms with Crippen LogP contribution in [0.15, 0.2) is 0 Å². The van der Waals surface area contributed by atoms with Crippen molar-refractivity contribution in [3.05, 3.63) is 33.4 Å². The molecule has 1 aliphatic rings. The highest BCUT2D eigenvalue weighted by Crippen LogP contribution is 2.44. The Bertz CT molecular complexity index is 403. The Kier molecular flexibility index (Phi) is 1.83. The highest BCUT2D eigenvalue weighted by atomic mass is 14.4. The van der Waals surface area contributed by atoms with Crippen LogP contribution in [0.1, 0.15) is 54.2 Å². The van der Waals surface area contributed by atoms with Crippen molar-refractivity contribution in [2.45, 2.75) is 53.4 Å². The Morgan fingerprint density at radius 2 is 1.36 bits per heavy atom. The molecule has 0 aliphatic heterocycles. The molecule has 1 aliphatic carbocycles. The summed E-state index contributed by atoms with van der Waals surface area (Å²) in [5, 5.41) is 0. The molecule has 14 heavy (non-hydrogen) atoms. The van der Waals surface area contributed by atoms with Gasteiger partial charge in [0.1, 0.15) is 0 Å². The summed E-state index contributed by atoms with van der Waals surface area (Å²) < 4.78 is 0. The van der Waals surface area contributed by atoms with Crippen molar-refractivity contribution in [2.75, 3.05) is 0 Å². The summed E-state index contributed by atoms with van der Waals surface area (Å²) in [6.45, 7) is 13.8. The van der Waals surface area contributed by atoms with Crippen LogP contribution in [0, 0.1) is 20.8 Å². The first-order valence-corrected chi connectivity index (χ1v) is 5.46. The first-order chi connectivity index (χ1) is 6.34. The average Bonchev–Trinajstić information content (AvgIpc) is 2.77. The van der Waals surface area contributed by atoms with Gasteiger partial charge < -0.3 is 0 Å². The monoisotopic (exact) mass is 188 g/mol. The molecular formula is C14H20. The lowest BCUT2D eigenvalue weighted by molar-refractivity contribution is 0.584. The Hall–Kier alpha value is -0.780. The molecule has 0 aromatic heterocycles. The summed E-state index contributed by atoms with van der Waals surface area (Å²) in [5.74, 6) is 0. The molecule has 0 saturated carbocycles. The van der Waals surface area contributed by atoms with Crippen LogP contribution in [-0.4, -0.2) is 0 Å². The molecular weight excluding hydrogens is 168 g/mol. The van der Waals surface area contributed by atoms with Crippen LogP contribution >= 0.6 is 0 Å². The van der Waals surface area contributed by atoms with Crippen molar-refractivity contribution in [3.63, 3.8) is 0 Å². The lowest BCUT2D eigenvalue weighted by atomic mass is 9.81. The van der Waals surface area contributed by atoms with Crippen LogP contribution in [0.25, 0.3) is 0 Å². The number of benzene rings is 1. The minimum Gasteiger partial charge on any atom is -0.0561 e. The van der Waals surface area contributed by atoms with Gasteiger partial charge in [-0.2, -0.15) is 0 Å². The molecule has 0 amide bonds. The third kappa shape index (κ3) is 1.20. The summed E-state index contributed by atoms with van der Waals surface area (Å²) in [6.07, 6.45) is 1.24.